The second-order valence-corrected chi connectivity index (χ2v) is 11.9. The third-order valence-corrected chi connectivity index (χ3v) is 7.38. The van der Waals surface area contributed by atoms with Crippen molar-refractivity contribution in [2.75, 3.05) is 19.3 Å². The highest BCUT2D eigenvalue weighted by atomic mass is 32.1. The molecule has 1 heterocycles. The van der Waals surface area contributed by atoms with E-state index in [9.17, 15) is 8.96 Å². The van der Waals surface area contributed by atoms with Crippen LogP contribution in [-0.2, 0) is 24.0 Å². The number of hydrogen-bond donors (Lipinski definition) is 3. The van der Waals surface area contributed by atoms with E-state index in [1.165, 1.54) is 0 Å². The van der Waals surface area contributed by atoms with Crippen LogP contribution in [0.2, 0.25) is 0 Å². The van der Waals surface area contributed by atoms with Crippen molar-refractivity contribution in [1.82, 2.24) is 5.32 Å². The van der Waals surface area contributed by atoms with E-state index in [-0.39, 0.29) is 12.0 Å². The van der Waals surface area contributed by atoms with E-state index in [2.05, 4.69) is 31.3 Å². The number of aryl methyl sites for hydroxylation is 1. The summed E-state index contributed by atoms with van der Waals surface area (Å²) < 4.78 is 31.4. The van der Waals surface area contributed by atoms with Crippen molar-refractivity contribution in [1.29, 1.82) is 0 Å². The molecule has 3 aromatic rings. The highest BCUT2D eigenvalue weighted by molar-refractivity contribution is 7.51. The van der Waals surface area contributed by atoms with Crippen LogP contribution < -0.4 is 10.1 Å². The van der Waals surface area contributed by atoms with Gasteiger partial charge in [0.05, 0.1) is 12.8 Å². The Labute approximate surface area is 211 Å². The average molecular weight is 520 g/mol. The van der Waals surface area contributed by atoms with E-state index in [0.29, 0.717) is 32.0 Å². The zero-order valence-corrected chi connectivity index (χ0v) is 22.1. The second-order valence-electron chi connectivity index (χ2n) is 9.20. The minimum absolute atomic E-state index is 0.109. The third kappa shape index (κ3) is 9.51. The Hall–Kier alpha value is -2.02. The fraction of sp³-hybridized carbons (Fsp3) is 0.407. The molecular weight excluding hydrogens is 484 g/mol. The summed E-state index contributed by atoms with van der Waals surface area (Å²) in [5.41, 5.74) is 3.86. The first-order valence-corrected chi connectivity index (χ1v) is 14.7. The Bertz CT molecular complexity index is 1110. The minimum Gasteiger partial charge on any atom is -0.493 e. The molecular formula is C27H35FNO4PS. The number of benzene rings is 2. The maximum Gasteiger partial charge on any atom is 0.325 e. The van der Waals surface area contributed by atoms with Gasteiger partial charge in [0.2, 0.25) is 0 Å². The van der Waals surface area contributed by atoms with Crippen LogP contribution in [-0.4, -0.2) is 29.1 Å². The summed E-state index contributed by atoms with van der Waals surface area (Å²) in [6.07, 6.45) is 2.61. The average Bonchev–Trinajstić information content (AvgIpc) is 3.32. The van der Waals surface area contributed by atoms with Crippen LogP contribution in [0.25, 0.3) is 10.4 Å². The summed E-state index contributed by atoms with van der Waals surface area (Å²) in [5, 5.41) is 5.28. The lowest BCUT2D eigenvalue weighted by atomic mass is 10.00. The molecule has 0 aliphatic rings. The molecule has 0 radical (unpaired) electrons. The topological polar surface area (TPSA) is 78.8 Å². The van der Waals surface area contributed by atoms with Crippen LogP contribution in [0.4, 0.5) is 4.39 Å². The monoisotopic (exact) mass is 519 g/mol. The number of nitrogens with one attached hydrogen (secondary N) is 1. The Morgan fingerprint density at radius 1 is 1.09 bits per heavy atom. The van der Waals surface area contributed by atoms with E-state index in [4.69, 9.17) is 14.5 Å². The van der Waals surface area contributed by atoms with Gasteiger partial charge >= 0.3 is 7.60 Å². The molecule has 190 valence electrons. The maximum atomic E-state index is 14.3. The molecule has 35 heavy (non-hydrogen) atoms. The number of halogens is 1. The smallest absolute Gasteiger partial charge is 0.325 e. The zero-order valence-electron chi connectivity index (χ0n) is 20.4. The molecule has 8 heteroatoms. The Morgan fingerprint density at radius 3 is 2.57 bits per heavy atom. The SMILES string of the molecule is CC(C)Cc1ccc(CCCOc2ccc(CNCCCP(=O)(O)O)cc2-c2cccs2)cc1F. The molecule has 0 amide bonds. The number of thiophene rings is 1. The van der Waals surface area contributed by atoms with Crippen molar-refractivity contribution in [3.8, 4) is 16.2 Å². The largest absolute Gasteiger partial charge is 0.493 e. The molecule has 0 atom stereocenters. The van der Waals surface area contributed by atoms with Crippen molar-refractivity contribution >= 4 is 18.9 Å². The first-order chi connectivity index (χ1) is 16.7. The standard InChI is InChI=1S/C27H35FNO4PS/c1-20(2)16-23-10-8-21(18-25(23)28)6-3-13-33-26-11-9-22(17-24(26)27-7-4-15-35-27)19-29-12-5-14-34(30,31)32/h4,7-11,15,17-18,20,29H,3,5-6,12-14,16,19H2,1-2H3,(H2,30,31,32). The first kappa shape index (κ1) is 27.6. The van der Waals surface area contributed by atoms with E-state index in [0.717, 1.165) is 52.1 Å². The van der Waals surface area contributed by atoms with Gasteiger partial charge in [0.1, 0.15) is 11.6 Å². The van der Waals surface area contributed by atoms with Gasteiger partial charge in [0, 0.05) is 17.0 Å². The van der Waals surface area contributed by atoms with Gasteiger partial charge in [-0.1, -0.05) is 38.1 Å². The van der Waals surface area contributed by atoms with Crippen molar-refractivity contribution in [3.05, 3.63) is 76.4 Å². The van der Waals surface area contributed by atoms with Gasteiger partial charge in [-0.05, 0) is 84.5 Å². The molecule has 1 aromatic heterocycles. The number of rotatable bonds is 14. The summed E-state index contributed by atoms with van der Waals surface area (Å²) in [6, 6.07) is 15.7. The Kier molecular flexibility index (Phi) is 10.5. The van der Waals surface area contributed by atoms with Crippen molar-refractivity contribution in [2.45, 2.75) is 46.1 Å². The third-order valence-electron chi connectivity index (χ3n) is 5.58. The molecule has 0 saturated carbocycles. The summed E-state index contributed by atoms with van der Waals surface area (Å²) in [4.78, 5) is 19.0. The molecule has 5 nitrogen and oxygen atoms in total. The predicted octanol–water partition coefficient (Wildman–Crippen LogP) is 6.42. The van der Waals surface area contributed by atoms with E-state index in [1.807, 2.05) is 35.7 Å². The maximum absolute atomic E-state index is 14.3. The van der Waals surface area contributed by atoms with Gasteiger partial charge in [-0.25, -0.2) is 4.39 Å². The second kappa shape index (κ2) is 13.3. The Balaban J connectivity index is 1.55. The van der Waals surface area contributed by atoms with Crippen LogP contribution in [0.15, 0.2) is 53.9 Å². The highest BCUT2D eigenvalue weighted by Gasteiger charge is 2.12. The molecule has 0 aliphatic carbocycles. The van der Waals surface area contributed by atoms with E-state index < -0.39 is 7.60 Å². The Morgan fingerprint density at radius 2 is 1.89 bits per heavy atom. The van der Waals surface area contributed by atoms with Gasteiger partial charge < -0.3 is 19.8 Å². The van der Waals surface area contributed by atoms with Crippen LogP contribution in [0.3, 0.4) is 0 Å². The van der Waals surface area contributed by atoms with Gasteiger partial charge in [0.25, 0.3) is 0 Å². The number of ether oxygens (including phenoxy) is 1. The lowest BCUT2D eigenvalue weighted by Crippen LogP contribution is -2.16. The predicted molar refractivity (Wildman–Crippen MR) is 142 cm³/mol. The van der Waals surface area contributed by atoms with Crippen LogP contribution in [0.1, 0.15) is 43.4 Å². The van der Waals surface area contributed by atoms with E-state index in [1.54, 1.807) is 17.4 Å². The fourth-order valence-corrected chi connectivity index (χ4v) is 5.21. The molecule has 0 bridgehead atoms. The van der Waals surface area contributed by atoms with Crippen LogP contribution >= 0.6 is 18.9 Å². The summed E-state index contributed by atoms with van der Waals surface area (Å²) in [7, 11) is -3.94. The van der Waals surface area contributed by atoms with Crippen molar-refractivity contribution in [2.24, 2.45) is 5.92 Å². The summed E-state index contributed by atoms with van der Waals surface area (Å²) in [6.45, 7) is 5.87. The summed E-state index contributed by atoms with van der Waals surface area (Å²) >= 11 is 1.65. The minimum atomic E-state index is -3.94. The van der Waals surface area contributed by atoms with Gasteiger partial charge in [-0.3, -0.25) is 4.57 Å². The zero-order chi connectivity index (χ0) is 25.3. The van der Waals surface area contributed by atoms with Crippen LogP contribution in [0, 0.1) is 11.7 Å². The molecule has 3 rings (SSSR count). The normalized spacial score (nSPS) is 11.8. The van der Waals surface area contributed by atoms with Gasteiger partial charge in [-0.15, -0.1) is 11.3 Å². The van der Waals surface area contributed by atoms with Crippen LogP contribution in [0.5, 0.6) is 5.75 Å². The molecule has 0 saturated heterocycles. The van der Waals surface area contributed by atoms with Gasteiger partial charge in [-0.2, -0.15) is 0 Å². The molecule has 0 spiro atoms. The van der Waals surface area contributed by atoms with E-state index >= 15 is 0 Å². The summed E-state index contributed by atoms with van der Waals surface area (Å²) in [5.74, 6) is 1.12. The van der Waals surface area contributed by atoms with Crippen molar-refractivity contribution < 1.29 is 23.5 Å². The molecule has 0 fully saturated rings. The first-order valence-electron chi connectivity index (χ1n) is 12.0. The fourth-order valence-electron chi connectivity index (χ4n) is 3.89. The molecule has 0 unspecified atom stereocenters. The lowest BCUT2D eigenvalue weighted by Gasteiger charge is -2.13. The molecule has 3 N–H and O–H groups in total. The molecule has 2 aromatic carbocycles. The molecule has 0 aliphatic heterocycles. The lowest BCUT2D eigenvalue weighted by molar-refractivity contribution is 0.312. The quantitative estimate of drug-likeness (QED) is 0.169. The highest BCUT2D eigenvalue weighted by Crippen LogP contribution is 2.35. The van der Waals surface area contributed by atoms with Crippen molar-refractivity contribution in [3.63, 3.8) is 0 Å². The number of hydrogen-bond acceptors (Lipinski definition) is 4. The van der Waals surface area contributed by atoms with Gasteiger partial charge in [0.15, 0.2) is 0 Å².